The van der Waals surface area contributed by atoms with Crippen LogP contribution in [0.25, 0.3) is 0 Å². The molecule has 3 aromatic rings. The Hall–Kier alpha value is -2.95. The Labute approximate surface area is 170 Å². The molecule has 1 aliphatic rings. The van der Waals surface area contributed by atoms with Crippen LogP contribution < -0.4 is 5.32 Å². The first-order chi connectivity index (χ1) is 13.9. The summed E-state index contributed by atoms with van der Waals surface area (Å²) >= 11 is 0. The molecule has 1 heterocycles. The Morgan fingerprint density at radius 3 is 2.66 bits per heavy atom. The van der Waals surface area contributed by atoms with Crippen molar-refractivity contribution in [1.29, 1.82) is 0 Å². The number of amides is 1. The first-order valence-corrected chi connectivity index (χ1v) is 10.0. The highest BCUT2D eigenvalue weighted by atomic mass is 19.1. The SMILES string of the molecule is CC1(C)Cc2c(cnn2Cc2ccccc2)C(NC(=O)Cc2ccccc2F)C1. The minimum atomic E-state index is -0.344. The monoisotopic (exact) mass is 391 g/mol. The Morgan fingerprint density at radius 2 is 1.90 bits per heavy atom. The van der Waals surface area contributed by atoms with Crippen LogP contribution in [0, 0.1) is 11.2 Å². The van der Waals surface area contributed by atoms with Crippen molar-refractivity contribution >= 4 is 5.91 Å². The molecule has 4 rings (SSSR count). The lowest BCUT2D eigenvalue weighted by Gasteiger charge is -2.36. The smallest absolute Gasteiger partial charge is 0.225 e. The highest BCUT2D eigenvalue weighted by molar-refractivity contribution is 5.79. The second-order valence-corrected chi connectivity index (χ2v) is 8.62. The van der Waals surface area contributed by atoms with Gasteiger partial charge in [-0.25, -0.2) is 4.39 Å². The average Bonchev–Trinajstić information content (AvgIpc) is 3.06. The standard InChI is InChI=1S/C24H26FN3O/c1-24(2)13-21(27-23(29)12-18-10-6-7-11-20(18)25)19-15-26-28(22(19)14-24)16-17-8-4-3-5-9-17/h3-11,15,21H,12-14,16H2,1-2H3,(H,27,29). The summed E-state index contributed by atoms with van der Waals surface area (Å²) in [4.78, 5) is 12.6. The van der Waals surface area contributed by atoms with Crippen molar-refractivity contribution in [3.8, 4) is 0 Å². The van der Waals surface area contributed by atoms with Crippen LogP contribution in [0.2, 0.25) is 0 Å². The number of hydrogen-bond acceptors (Lipinski definition) is 2. The fourth-order valence-electron chi connectivity index (χ4n) is 4.18. The fourth-order valence-corrected chi connectivity index (χ4v) is 4.18. The summed E-state index contributed by atoms with van der Waals surface area (Å²) in [6.07, 6.45) is 3.66. The van der Waals surface area contributed by atoms with E-state index in [9.17, 15) is 9.18 Å². The number of hydrogen-bond donors (Lipinski definition) is 1. The van der Waals surface area contributed by atoms with Crippen LogP contribution in [0.15, 0.2) is 60.8 Å². The van der Waals surface area contributed by atoms with Gasteiger partial charge in [-0.05, 0) is 35.4 Å². The van der Waals surface area contributed by atoms with E-state index in [-0.39, 0.29) is 29.6 Å². The molecule has 0 aliphatic heterocycles. The van der Waals surface area contributed by atoms with Crippen LogP contribution in [0.3, 0.4) is 0 Å². The molecule has 0 spiro atoms. The van der Waals surface area contributed by atoms with Gasteiger partial charge in [0.1, 0.15) is 5.82 Å². The molecule has 0 bridgehead atoms. The zero-order chi connectivity index (χ0) is 20.4. The van der Waals surface area contributed by atoms with E-state index >= 15 is 0 Å². The van der Waals surface area contributed by atoms with E-state index in [2.05, 4.69) is 36.4 Å². The number of aromatic nitrogens is 2. The molecule has 1 aromatic heterocycles. The molecule has 5 heteroatoms. The number of rotatable bonds is 5. The molecule has 1 aliphatic carbocycles. The van der Waals surface area contributed by atoms with E-state index in [1.54, 1.807) is 18.2 Å². The van der Waals surface area contributed by atoms with Crippen LogP contribution >= 0.6 is 0 Å². The van der Waals surface area contributed by atoms with Crippen molar-refractivity contribution < 1.29 is 9.18 Å². The Kier molecular flexibility index (Phi) is 5.22. The summed E-state index contributed by atoms with van der Waals surface area (Å²) in [5.41, 5.74) is 3.89. The van der Waals surface area contributed by atoms with Gasteiger partial charge in [0.05, 0.1) is 25.2 Å². The third kappa shape index (κ3) is 4.39. The van der Waals surface area contributed by atoms with Gasteiger partial charge in [-0.15, -0.1) is 0 Å². The second-order valence-electron chi connectivity index (χ2n) is 8.62. The third-order valence-corrected chi connectivity index (χ3v) is 5.58. The molecule has 2 aromatic carbocycles. The summed E-state index contributed by atoms with van der Waals surface area (Å²) in [5, 5.41) is 7.74. The van der Waals surface area contributed by atoms with E-state index < -0.39 is 0 Å². The Bertz CT molecular complexity index is 1010. The molecule has 1 amide bonds. The van der Waals surface area contributed by atoms with Crippen molar-refractivity contribution in [3.05, 3.63) is 89.0 Å². The largest absolute Gasteiger partial charge is 0.349 e. The number of halogens is 1. The van der Waals surface area contributed by atoms with Gasteiger partial charge in [-0.2, -0.15) is 5.10 Å². The van der Waals surface area contributed by atoms with Crippen molar-refractivity contribution in [1.82, 2.24) is 15.1 Å². The number of carbonyl (C=O) groups is 1. The van der Waals surface area contributed by atoms with Gasteiger partial charge in [0.25, 0.3) is 0 Å². The van der Waals surface area contributed by atoms with Gasteiger partial charge in [0.15, 0.2) is 0 Å². The highest BCUT2D eigenvalue weighted by Crippen LogP contribution is 2.40. The minimum absolute atomic E-state index is 0.0388. The lowest BCUT2D eigenvalue weighted by molar-refractivity contribution is -0.121. The van der Waals surface area contributed by atoms with E-state index in [0.717, 1.165) is 18.4 Å². The van der Waals surface area contributed by atoms with Gasteiger partial charge in [0.2, 0.25) is 5.91 Å². The zero-order valence-electron chi connectivity index (χ0n) is 16.9. The predicted octanol–water partition coefficient (Wildman–Crippen LogP) is 4.44. The molecular weight excluding hydrogens is 365 g/mol. The maximum Gasteiger partial charge on any atom is 0.225 e. The molecule has 1 N–H and O–H groups in total. The fraction of sp³-hybridized carbons (Fsp3) is 0.333. The lowest BCUT2D eigenvalue weighted by atomic mass is 9.74. The molecule has 0 saturated heterocycles. The predicted molar refractivity (Wildman–Crippen MR) is 111 cm³/mol. The highest BCUT2D eigenvalue weighted by Gasteiger charge is 2.35. The van der Waals surface area contributed by atoms with Gasteiger partial charge in [0, 0.05) is 11.3 Å². The molecule has 1 unspecified atom stereocenters. The Morgan fingerprint density at radius 1 is 1.17 bits per heavy atom. The maximum absolute atomic E-state index is 13.9. The first-order valence-electron chi connectivity index (χ1n) is 10.0. The number of benzene rings is 2. The molecular formula is C24H26FN3O. The number of fused-ring (bicyclic) bond motifs is 1. The summed E-state index contributed by atoms with van der Waals surface area (Å²) in [7, 11) is 0. The van der Waals surface area contributed by atoms with Gasteiger partial charge >= 0.3 is 0 Å². The van der Waals surface area contributed by atoms with E-state index in [4.69, 9.17) is 0 Å². The van der Waals surface area contributed by atoms with Crippen molar-refractivity contribution in [2.24, 2.45) is 5.41 Å². The number of carbonyl (C=O) groups excluding carboxylic acids is 1. The third-order valence-electron chi connectivity index (χ3n) is 5.58. The van der Waals surface area contributed by atoms with Gasteiger partial charge in [-0.3, -0.25) is 9.48 Å². The van der Waals surface area contributed by atoms with Crippen LogP contribution in [-0.4, -0.2) is 15.7 Å². The van der Waals surface area contributed by atoms with Crippen LogP contribution in [-0.2, 0) is 24.2 Å². The molecule has 29 heavy (non-hydrogen) atoms. The number of nitrogens with one attached hydrogen (secondary N) is 1. The summed E-state index contributed by atoms with van der Waals surface area (Å²) < 4.78 is 16.0. The molecule has 4 nitrogen and oxygen atoms in total. The second kappa shape index (κ2) is 7.82. The Balaban J connectivity index is 1.55. The summed E-state index contributed by atoms with van der Waals surface area (Å²) in [6.45, 7) is 5.14. The first kappa shape index (κ1) is 19.4. The molecule has 0 radical (unpaired) electrons. The van der Waals surface area contributed by atoms with E-state index in [0.29, 0.717) is 12.1 Å². The maximum atomic E-state index is 13.9. The number of nitrogens with zero attached hydrogens (tertiary/aromatic N) is 2. The molecule has 0 saturated carbocycles. The molecule has 1 atom stereocenters. The van der Waals surface area contributed by atoms with Gasteiger partial charge < -0.3 is 5.32 Å². The topological polar surface area (TPSA) is 46.9 Å². The average molecular weight is 391 g/mol. The van der Waals surface area contributed by atoms with E-state index in [1.165, 1.54) is 17.3 Å². The summed E-state index contributed by atoms with van der Waals surface area (Å²) in [5.74, 6) is -0.512. The normalized spacial score (nSPS) is 17.6. The molecule has 0 fully saturated rings. The lowest BCUT2D eigenvalue weighted by Crippen LogP contribution is -2.37. The quantitative estimate of drug-likeness (QED) is 0.699. The molecule has 150 valence electrons. The summed E-state index contributed by atoms with van der Waals surface area (Å²) in [6, 6.07) is 16.6. The zero-order valence-corrected chi connectivity index (χ0v) is 16.9. The van der Waals surface area contributed by atoms with Crippen molar-refractivity contribution in [3.63, 3.8) is 0 Å². The van der Waals surface area contributed by atoms with Crippen LogP contribution in [0.5, 0.6) is 0 Å². The van der Waals surface area contributed by atoms with Crippen molar-refractivity contribution in [2.45, 2.75) is 45.7 Å². The van der Waals surface area contributed by atoms with Crippen LogP contribution in [0.1, 0.15) is 48.7 Å². The minimum Gasteiger partial charge on any atom is -0.349 e. The van der Waals surface area contributed by atoms with Crippen LogP contribution in [0.4, 0.5) is 4.39 Å². The van der Waals surface area contributed by atoms with Gasteiger partial charge in [-0.1, -0.05) is 62.4 Å². The van der Waals surface area contributed by atoms with Crippen molar-refractivity contribution in [2.75, 3.05) is 0 Å². The van der Waals surface area contributed by atoms with E-state index in [1.807, 2.05) is 29.1 Å².